The molecule has 2 aromatic rings. The van der Waals surface area contributed by atoms with Gasteiger partial charge >= 0.3 is 5.97 Å². The summed E-state index contributed by atoms with van der Waals surface area (Å²) in [5.41, 5.74) is 0. The lowest BCUT2D eigenvalue weighted by Gasteiger charge is -2.00. The third-order valence-corrected chi connectivity index (χ3v) is 1.84. The van der Waals surface area contributed by atoms with Crippen LogP contribution in [0.4, 0.5) is 0 Å². The predicted molar refractivity (Wildman–Crippen MR) is 51.9 cm³/mol. The normalized spacial score (nSPS) is 10.5. The van der Waals surface area contributed by atoms with Crippen LogP contribution in [-0.2, 0) is 11.3 Å². The molecule has 17 heavy (non-hydrogen) atoms. The van der Waals surface area contributed by atoms with Crippen LogP contribution in [0.25, 0.3) is 0 Å². The van der Waals surface area contributed by atoms with Crippen LogP contribution in [0.15, 0.2) is 4.42 Å². The molecule has 0 atom stereocenters. The van der Waals surface area contributed by atoms with Gasteiger partial charge in [-0.2, -0.15) is 0 Å². The van der Waals surface area contributed by atoms with Crippen LogP contribution in [0.1, 0.15) is 29.3 Å². The van der Waals surface area contributed by atoms with Crippen LogP contribution in [0.3, 0.4) is 0 Å². The van der Waals surface area contributed by atoms with E-state index < -0.39 is 5.97 Å². The molecule has 0 saturated heterocycles. The van der Waals surface area contributed by atoms with E-state index in [2.05, 4.69) is 25.7 Å². The number of carbonyl (C=O) groups excluding carboxylic acids is 1. The van der Waals surface area contributed by atoms with Gasteiger partial charge in [0.15, 0.2) is 0 Å². The summed E-state index contributed by atoms with van der Waals surface area (Å²) in [5, 5.41) is 18.1. The first-order valence-corrected chi connectivity index (χ1v) is 4.93. The smallest absolute Gasteiger partial charge is 0.378 e. The molecule has 0 aliphatic rings. The van der Waals surface area contributed by atoms with Crippen molar-refractivity contribution in [1.82, 2.24) is 30.4 Å². The minimum absolute atomic E-state index is 0.00250. The molecule has 9 nitrogen and oxygen atoms in total. The first-order valence-electron chi connectivity index (χ1n) is 4.93. The largest absolute Gasteiger partial charge is 0.460 e. The molecule has 0 spiro atoms. The summed E-state index contributed by atoms with van der Waals surface area (Å²) >= 11 is 0. The first-order chi connectivity index (χ1) is 8.20. The Labute approximate surface area is 95.8 Å². The van der Waals surface area contributed by atoms with E-state index in [1.807, 2.05) is 0 Å². The number of ether oxygens (including phenoxy) is 1. The van der Waals surface area contributed by atoms with Crippen LogP contribution in [0.5, 0.6) is 0 Å². The second kappa shape index (κ2) is 4.68. The summed E-state index contributed by atoms with van der Waals surface area (Å²) in [6.07, 6.45) is 0. The summed E-state index contributed by atoms with van der Waals surface area (Å²) in [4.78, 5) is 11.5. The molecule has 0 bridgehead atoms. The standard InChI is InChI=1S/C8H10N6O3/c1-3-16-8(15)7-11-12-13-14(7)4-6-10-9-5(2)17-6/h3-4H2,1-2H3. The van der Waals surface area contributed by atoms with Crippen molar-refractivity contribution in [3.8, 4) is 0 Å². The van der Waals surface area contributed by atoms with Crippen molar-refractivity contribution in [2.24, 2.45) is 0 Å². The van der Waals surface area contributed by atoms with Crippen molar-refractivity contribution in [3.63, 3.8) is 0 Å². The number of nitrogens with zero attached hydrogens (tertiary/aromatic N) is 6. The molecule has 0 aromatic carbocycles. The van der Waals surface area contributed by atoms with Crippen LogP contribution < -0.4 is 0 Å². The van der Waals surface area contributed by atoms with Crippen molar-refractivity contribution in [2.75, 3.05) is 6.61 Å². The zero-order chi connectivity index (χ0) is 12.3. The van der Waals surface area contributed by atoms with E-state index in [-0.39, 0.29) is 19.0 Å². The van der Waals surface area contributed by atoms with Crippen LogP contribution in [0, 0.1) is 6.92 Å². The fourth-order valence-electron chi connectivity index (χ4n) is 1.18. The summed E-state index contributed by atoms with van der Waals surface area (Å²) in [5.74, 6) is 0.169. The van der Waals surface area contributed by atoms with Gasteiger partial charge in [-0.1, -0.05) is 0 Å². The Bertz CT molecular complexity index is 519. The van der Waals surface area contributed by atoms with Gasteiger partial charge in [0.2, 0.25) is 11.8 Å². The maximum Gasteiger partial charge on any atom is 0.378 e. The second-order valence-corrected chi connectivity index (χ2v) is 3.10. The van der Waals surface area contributed by atoms with Gasteiger partial charge in [0.25, 0.3) is 5.82 Å². The lowest BCUT2D eigenvalue weighted by atomic mass is 10.5. The molecule has 2 rings (SSSR count). The number of tetrazole rings is 1. The van der Waals surface area contributed by atoms with Gasteiger partial charge in [-0.3, -0.25) is 0 Å². The third kappa shape index (κ3) is 2.44. The number of aromatic nitrogens is 6. The van der Waals surface area contributed by atoms with Gasteiger partial charge < -0.3 is 9.15 Å². The molecule has 2 heterocycles. The molecule has 0 saturated carbocycles. The Hall–Kier alpha value is -2.32. The van der Waals surface area contributed by atoms with Crippen LogP contribution >= 0.6 is 0 Å². The average Bonchev–Trinajstić information content (AvgIpc) is 2.89. The number of esters is 1. The van der Waals surface area contributed by atoms with Crippen LogP contribution in [-0.4, -0.2) is 43.0 Å². The Kier molecular flexibility index (Phi) is 3.08. The van der Waals surface area contributed by atoms with Crippen molar-refractivity contribution >= 4 is 5.97 Å². The van der Waals surface area contributed by atoms with Crippen molar-refractivity contribution in [1.29, 1.82) is 0 Å². The van der Waals surface area contributed by atoms with Crippen molar-refractivity contribution < 1.29 is 13.9 Å². The molecule has 2 aromatic heterocycles. The fourth-order valence-corrected chi connectivity index (χ4v) is 1.18. The van der Waals surface area contributed by atoms with Gasteiger partial charge in [-0.15, -0.1) is 15.3 Å². The van der Waals surface area contributed by atoms with Gasteiger partial charge in [0, 0.05) is 6.92 Å². The molecular formula is C8H10N6O3. The summed E-state index contributed by atoms with van der Waals surface area (Å²) in [7, 11) is 0. The zero-order valence-electron chi connectivity index (χ0n) is 9.32. The average molecular weight is 238 g/mol. The minimum Gasteiger partial charge on any atom is -0.460 e. The number of hydrogen-bond donors (Lipinski definition) is 0. The summed E-state index contributed by atoms with van der Waals surface area (Å²) in [6.45, 7) is 3.75. The Morgan fingerprint density at radius 3 is 2.88 bits per heavy atom. The fraction of sp³-hybridized carbons (Fsp3) is 0.500. The second-order valence-electron chi connectivity index (χ2n) is 3.10. The van der Waals surface area contributed by atoms with Crippen molar-refractivity contribution in [2.45, 2.75) is 20.4 Å². The monoisotopic (exact) mass is 238 g/mol. The Morgan fingerprint density at radius 1 is 1.41 bits per heavy atom. The molecular weight excluding hydrogens is 228 g/mol. The molecule has 0 fully saturated rings. The molecule has 90 valence electrons. The van der Waals surface area contributed by atoms with E-state index in [1.165, 1.54) is 4.68 Å². The molecule has 0 radical (unpaired) electrons. The Balaban J connectivity index is 2.16. The molecule has 0 N–H and O–H groups in total. The first kappa shape index (κ1) is 11.2. The topological polar surface area (TPSA) is 109 Å². The SMILES string of the molecule is CCOC(=O)c1nnnn1Cc1nnc(C)o1. The van der Waals surface area contributed by atoms with E-state index in [0.29, 0.717) is 11.8 Å². The van der Waals surface area contributed by atoms with Crippen molar-refractivity contribution in [3.05, 3.63) is 17.6 Å². The molecule has 0 aliphatic carbocycles. The van der Waals surface area contributed by atoms with E-state index >= 15 is 0 Å². The predicted octanol–water partition coefficient (Wildman–Crippen LogP) is -0.410. The number of carbonyl (C=O) groups is 1. The highest BCUT2D eigenvalue weighted by Crippen LogP contribution is 2.03. The van der Waals surface area contributed by atoms with Gasteiger partial charge in [-0.05, 0) is 17.4 Å². The summed E-state index contributed by atoms with van der Waals surface area (Å²) in [6, 6.07) is 0. The van der Waals surface area contributed by atoms with E-state index in [4.69, 9.17) is 9.15 Å². The highest BCUT2D eigenvalue weighted by molar-refractivity contribution is 5.85. The number of rotatable bonds is 4. The number of aryl methyl sites for hydroxylation is 1. The number of hydrogen-bond acceptors (Lipinski definition) is 8. The quantitative estimate of drug-likeness (QED) is 0.661. The lowest BCUT2D eigenvalue weighted by molar-refractivity contribution is 0.0504. The van der Waals surface area contributed by atoms with E-state index in [1.54, 1.807) is 13.8 Å². The third-order valence-electron chi connectivity index (χ3n) is 1.84. The van der Waals surface area contributed by atoms with Crippen LogP contribution in [0.2, 0.25) is 0 Å². The van der Waals surface area contributed by atoms with Gasteiger partial charge in [-0.25, -0.2) is 9.48 Å². The summed E-state index contributed by atoms with van der Waals surface area (Å²) < 4.78 is 11.2. The van der Waals surface area contributed by atoms with E-state index in [9.17, 15) is 4.79 Å². The zero-order valence-corrected chi connectivity index (χ0v) is 9.32. The highest BCUT2D eigenvalue weighted by Gasteiger charge is 2.18. The van der Waals surface area contributed by atoms with Gasteiger partial charge in [0.1, 0.15) is 6.54 Å². The lowest BCUT2D eigenvalue weighted by Crippen LogP contribution is -2.15. The van der Waals surface area contributed by atoms with E-state index in [0.717, 1.165) is 0 Å². The highest BCUT2D eigenvalue weighted by atomic mass is 16.5. The molecule has 9 heteroatoms. The van der Waals surface area contributed by atoms with Gasteiger partial charge in [0.05, 0.1) is 6.61 Å². The maximum absolute atomic E-state index is 11.5. The minimum atomic E-state index is -0.589. The Morgan fingerprint density at radius 2 is 2.24 bits per heavy atom. The molecule has 0 amide bonds. The maximum atomic E-state index is 11.5. The molecule has 0 aliphatic heterocycles. The molecule has 0 unspecified atom stereocenters.